The van der Waals surface area contributed by atoms with E-state index >= 15 is 0 Å². The number of rotatable bonds is 8. The van der Waals surface area contributed by atoms with Gasteiger partial charge in [0, 0.05) is 17.7 Å². The quantitative estimate of drug-likeness (QED) is 0.630. The molecule has 0 unspecified atom stereocenters. The van der Waals surface area contributed by atoms with Crippen LogP contribution in [-0.4, -0.2) is 35.0 Å². The Kier molecular flexibility index (Phi) is 6.66. The van der Waals surface area contributed by atoms with Gasteiger partial charge >= 0.3 is 0 Å². The highest BCUT2D eigenvalue weighted by Crippen LogP contribution is 2.42. The third-order valence-corrected chi connectivity index (χ3v) is 3.77. The molecular formula is C19H24N2O5. The molecule has 0 radical (unpaired) electrons. The molecular weight excluding hydrogens is 336 g/mol. The average Bonchev–Trinajstić information content (AvgIpc) is 2.67. The summed E-state index contributed by atoms with van der Waals surface area (Å²) in [7, 11) is 6.28. The summed E-state index contributed by atoms with van der Waals surface area (Å²) < 4.78 is 27.0. The van der Waals surface area contributed by atoms with Crippen LogP contribution < -0.4 is 23.7 Å². The molecule has 2 aromatic carbocycles. The van der Waals surface area contributed by atoms with Crippen LogP contribution in [0.2, 0.25) is 0 Å². The summed E-state index contributed by atoms with van der Waals surface area (Å²) in [6.07, 6.45) is 0. The van der Waals surface area contributed by atoms with Gasteiger partial charge in [0.1, 0.15) is 11.4 Å². The fourth-order valence-electron chi connectivity index (χ4n) is 2.52. The molecule has 0 bridgehead atoms. The predicted octanol–water partition coefficient (Wildman–Crippen LogP) is 4.84. The fraction of sp³-hybridized carbons (Fsp3) is 0.368. The Labute approximate surface area is 153 Å². The number of azo groups is 1. The van der Waals surface area contributed by atoms with E-state index in [9.17, 15) is 0 Å². The normalized spacial score (nSPS) is 10.7. The van der Waals surface area contributed by atoms with Gasteiger partial charge in [-0.05, 0) is 26.0 Å². The van der Waals surface area contributed by atoms with E-state index in [0.29, 0.717) is 41.0 Å². The van der Waals surface area contributed by atoms with Gasteiger partial charge in [-0.3, -0.25) is 0 Å². The van der Waals surface area contributed by atoms with Gasteiger partial charge in [-0.15, -0.1) is 5.11 Å². The van der Waals surface area contributed by atoms with E-state index in [0.717, 1.165) is 11.3 Å². The summed E-state index contributed by atoms with van der Waals surface area (Å²) in [4.78, 5) is 0. The molecule has 0 aliphatic carbocycles. The molecule has 2 rings (SSSR count). The minimum atomic E-state index is 0.504. The van der Waals surface area contributed by atoms with Crippen LogP contribution >= 0.6 is 0 Å². The van der Waals surface area contributed by atoms with E-state index in [-0.39, 0.29) is 0 Å². The highest BCUT2D eigenvalue weighted by atomic mass is 16.5. The van der Waals surface area contributed by atoms with Crippen LogP contribution in [0.25, 0.3) is 0 Å². The zero-order chi connectivity index (χ0) is 19.1. The predicted molar refractivity (Wildman–Crippen MR) is 99.2 cm³/mol. The Balaban J connectivity index is 2.45. The van der Waals surface area contributed by atoms with Crippen molar-refractivity contribution in [3.8, 4) is 28.7 Å². The summed E-state index contributed by atoms with van der Waals surface area (Å²) in [5, 5.41) is 8.63. The van der Waals surface area contributed by atoms with E-state index in [1.807, 2.05) is 19.9 Å². The maximum absolute atomic E-state index is 5.72. The van der Waals surface area contributed by atoms with Crippen molar-refractivity contribution >= 4 is 11.4 Å². The number of ether oxygens (including phenoxy) is 5. The van der Waals surface area contributed by atoms with Crippen molar-refractivity contribution in [2.45, 2.75) is 13.8 Å². The zero-order valence-corrected chi connectivity index (χ0v) is 16.0. The van der Waals surface area contributed by atoms with Gasteiger partial charge in [0.15, 0.2) is 17.2 Å². The van der Waals surface area contributed by atoms with Gasteiger partial charge in [0.2, 0.25) is 5.75 Å². The van der Waals surface area contributed by atoms with Crippen LogP contribution in [0.1, 0.15) is 12.5 Å². The van der Waals surface area contributed by atoms with Crippen molar-refractivity contribution in [3.63, 3.8) is 0 Å². The molecule has 140 valence electrons. The molecule has 0 fully saturated rings. The maximum atomic E-state index is 5.72. The largest absolute Gasteiger partial charge is 0.496 e. The van der Waals surface area contributed by atoms with Gasteiger partial charge in [0.25, 0.3) is 0 Å². The zero-order valence-electron chi connectivity index (χ0n) is 16.0. The molecule has 2 aromatic rings. The van der Waals surface area contributed by atoms with E-state index < -0.39 is 0 Å². The van der Waals surface area contributed by atoms with Gasteiger partial charge in [-0.2, -0.15) is 5.11 Å². The van der Waals surface area contributed by atoms with Crippen LogP contribution in [0.3, 0.4) is 0 Å². The van der Waals surface area contributed by atoms with Crippen molar-refractivity contribution in [1.82, 2.24) is 0 Å². The third kappa shape index (κ3) is 3.99. The molecule has 0 saturated heterocycles. The Bertz CT molecular complexity index is 765. The summed E-state index contributed by atoms with van der Waals surface area (Å²) in [6, 6.07) is 7.09. The fourth-order valence-corrected chi connectivity index (χ4v) is 2.52. The number of benzene rings is 2. The summed E-state index contributed by atoms with van der Waals surface area (Å²) in [6.45, 7) is 4.35. The van der Waals surface area contributed by atoms with E-state index in [4.69, 9.17) is 23.7 Å². The lowest BCUT2D eigenvalue weighted by atomic mass is 10.1. The van der Waals surface area contributed by atoms with Gasteiger partial charge in [-0.25, -0.2) is 0 Å². The molecule has 0 spiro atoms. The average molecular weight is 360 g/mol. The molecule has 26 heavy (non-hydrogen) atoms. The Morgan fingerprint density at radius 3 is 1.88 bits per heavy atom. The Morgan fingerprint density at radius 2 is 1.38 bits per heavy atom. The van der Waals surface area contributed by atoms with E-state index in [1.165, 1.54) is 0 Å². The summed E-state index contributed by atoms with van der Waals surface area (Å²) >= 11 is 0. The molecule has 0 heterocycles. The van der Waals surface area contributed by atoms with Crippen molar-refractivity contribution in [1.29, 1.82) is 0 Å². The molecule has 0 atom stereocenters. The number of hydrogen-bond acceptors (Lipinski definition) is 7. The van der Waals surface area contributed by atoms with Crippen LogP contribution in [-0.2, 0) is 0 Å². The van der Waals surface area contributed by atoms with Crippen molar-refractivity contribution in [2.24, 2.45) is 10.2 Å². The molecule has 0 amide bonds. The van der Waals surface area contributed by atoms with Gasteiger partial charge in [-0.1, -0.05) is 0 Å². The third-order valence-electron chi connectivity index (χ3n) is 3.77. The molecule has 0 saturated carbocycles. The van der Waals surface area contributed by atoms with E-state index in [2.05, 4.69) is 10.2 Å². The number of hydrogen-bond donors (Lipinski definition) is 0. The second-order valence-corrected chi connectivity index (χ2v) is 5.26. The highest BCUT2D eigenvalue weighted by Gasteiger charge is 2.14. The first kappa shape index (κ1) is 19.4. The lowest BCUT2D eigenvalue weighted by molar-refractivity contribution is 0.324. The van der Waals surface area contributed by atoms with Crippen molar-refractivity contribution < 1.29 is 23.7 Å². The Hall–Kier alpha value is -2.96. The molecule has 0 aliphatic heterocycles. The SMILES string of the molecule is CCOc1c(N=Nc2cc(OC)c(OC)c(OC)c2)ccc(OC)c1C. The van der Waals surface area contributed by atoms with Crippen molar-refractivity contribution in [2.75, 3.05) is 35.0 Å². The number of nitrogens with zero attached hydrogens (tertiary/aromatic N) is 2. The molecule has 0 aromatic heterocycles. The van der Waals surface area contributed by atoms with Gasteiger partial charge in [0.05, 0.1) is 40.7 Å². The molecule has 7 heteroatoms. The standard InChI is InChI=1S/C19H24N2O5/c1-7-26-18-12(2)15(22-3)9-8-14(18)21-20-13-10-16(23-4)19(25-6)17(11-13)24-5/h8-11H,7H2,1-6H3. The van der Waals surface area contributed by atoms with E-state index in [1.54, 1.807) is 46.6 Å². The van der Waals surface area contributed by atoms with Gasteiger partial charge < -0.3 is 23.7 Å². The van der Waals surface area contributed by atoms with Crippen LogP contribution in [0.15, 0.2) is 34.5 Å². The second-order valence-electron chi connectivity index (χ2n) is 5.26. The molecule has 7 nitrogen and oxygen atoms in total. The summed E-state index contributed by atoms with van der Waals surface area (Å²) in [5.41, 5.74) is 2.05. The topological polar surface area (TPSA) is 70.9 Å². The lowest BCUT2D eigenvalue weighted by Gasteiger charge is -2.13. The first-order chi connectivity index (χ1) is 12.6. The minimum absolute atomic E-state index is 0.504. The second kappa shape index (κ2) is 8.94. The highest BCUT2D eigenvalue weighted by molar-refractivity contribution is 5.62. The smallest absolute Gasteiger partial charge is 0.203 e. The molecule has 0 N–H and O–H groups in total. The first-order valence-electron chi connectivity index (χ1n) is 8.11. The number of methoxy groups -OCH3 is 4. The molecule has 0 aliphatic rings. The monoisotopic (exact) mass is 360 g/mol. The maximum Gasteiger partial charge on any atom is 0.203 e. The lowest BCUT2D eigenvalue weighted by Crippen LogP contribution is -1.96. The van der Waals surface area contributed by atoms with Crippen LogP contribution in [0, 0.1) is 6.92 Å². The first-order valence-corrected chi connectivity index (χ1v) is 8.11. The van der Waals surface area contributed by atoms with Crippen LogP contribution in [0.5, 0.6) is 28.7 Å². The Morgan fingerprint density at radius 1 is 0.769 bits per heavy atom. The summed E-state index contributed by atoms with van der Waals surface area (Å²) in [5.74, 6) is 2.90. The van der Waals surface area contributed by atoms with Crippen molar-refractivity contribution in [3.05, 3.63) is 29.8 Å². The van der Waals surface area contributed by atoms with Crippen LogP contribution in [0.4, 0.5) is 11.4 Å². The minimum Gasteiger partial charge on any atom is -0.496 e.